The van der Waals surface area contributed by atoms with Crippen LogP contribution >= 0.6 is 27.3 Å². The summed E-state index contributed by atoms with van der Waals surface area (Å²) in [5, 5.41) is 17.2. The standard InChI is InChI=1S/C8H5BrO4S/c9-6-2-1-5(14-6)4(8(12)13)3-7(10)11/h1-3H,(H,10,11)(H,12,13)/b4-3+. The Kier molecular flexibility index (Phi) is 3.43. The topological polar surface area (TPSA) is 74.6 Å². The predicted molar refractivity (Wildman–Crippen MR) is 55.3 cm³/mol. The third kappa shape index (κ3) is 2.68. The number of hydrogen-bond acceptors (Lipinski definition) is 3. The van der Waals surface area contributed by atoms with Crippen molar-refractivity contribution in [2.75, 3.05) is 0 Å². The van der Waals surface area contributed by atoms with E-state index in [1.54, 1.807) is 12.1 Å². The Labute approximate surface area is 91.6 Å². The van der Waals surface area contributed by atoms with E-state index in [2.05, 4.69) is 15.9 Å². The van der Waals surface area contributed by atoms with E-state index in [4.69, 9.17) is 10.2 Å². The monoisotopic (exact) mass is 276 g/mol. The molecule has 0 aliphatic heterocycles. The summed E-state index contributed by atoms with van der Waals surface area (Å²) in [6.45, 7) is 0. The predicted octanol–water partition coefficient (Wildman–Crippen LogP) is 2.06. The van der Waals surface area contributed by atoms with Crippen LogP contribution in [0.25, 0.3) is 5.57 Å². The van der Waals surface area contributed by atoms with Crippen molar-refractivity contribution in [1.82, 2.24) is 0 Å². The van der Waals surface area contributed by atoms with Gasteiger partial charge in [-0.05, 0) is 28.1 Å². The minimum absolute atomic E-state index is 0.215. The second kappa shape index (κ2) is 4.39. The molecule has 0 bridgehead atoms. The lowest BCUT2D eigenvalue weighted by atomic mass is 10.2. The van der Waals surface area contributed by atoms with Crippen molar-refractivity contribution in [2.24, 2.45) is 0 Å². The van der Waals surface area contributed by atoms with Crippen LogP contribution in [0, 0.1) is 0 Å². The van der Waals surface area contributed by atoms with Crippen molar-refractivity contribution in [3.8, 4) is 0 Å². The Morgan fingerprint density at radius 3 is 2.36 bits per heavy atom. The first-order valence-electron chi connectivity index (χ1n) is 3.44. The molecule has 1 aromatic rings. The highest BCUT2D eigenvalue weighted by Gasteiger charge is 2.13. The van der Waals surface area contributed by atoms with Gasteiger partial charge in [0.25, 0.3) is 0 Å². The van der Waals surface area contributed by atoms with E-state index in [1.165, 1.54) is 11.3 Å². The molecule has 0 spiro atoms. The largest absolute Gasteiger partial charge is 0.478 e. The fraction of sp³-hybridized carbons (Fsp3) is 0. The van der Waals surface area contributed by atoms with E-state index in [0.29, 0.717) is 11.0 Å². The van der Waals surface area contributed by atoms with E-state index in [1.807, 2.05) is 0 Å². The summed E-state index contributed by atoms with van der Waals surface area (Å²) in [4.78, 5) is 21.5. The van der Waals surface area contributed by atoms with Gasteiger partial charge in [-0.15, -0.1) is 11.3 Å². The lowest BCUT2D eigenvalue weighted by Crippen LogP contribution is -2.01. The molecule has 1 heterocycles. The van der Waals surface area contributed by atoms with E-state index < -0.39 is 11.9 Å². The molecule has 0 amide bonds. The molecule has 0 aromatic carbocycles. The van der Waals surface area contributed by atoms with Crippen molar-refractivity contribution in [3.63, 3.8) is 0 Å². The quantitative estimate of drug-likeness (QED) is 0.829. The minimum Gasteiger partial charge on any atom is -0.478 e. The van der Waals surface area contributed by atoms with Gasteiger partial charge in [0.1, 0.15) is 0 Å². The summed E-state index contributed by atoms with van der Waals surface area (Å²) in [5.74, 6) is -2.52. The Balaban J connectivity index is 3.13. The Hall–Kier alpha value is -1.14. The molecule has 74 valence electrons. The molecule has 1 rings (SSSR count). The molecule has 14 heavy (non-hydrogen) atoms. The molecule has 0 radical (unpaired) electrons. The van der Waals surface area contributed by atoms with Gasteiger partial charge in [0.05, 0.1) is 9.36 Å². The maximum Gasteiger partial charge on any atom is 0.337 e. The van der Waals surface area contributed by atoms with Crippen LogP contribution in [0.3, 0.4) is 0 Å². The molecule has 1 aromatic heterocycles. The van der Waals surface area contributed by atoms with E-state index >= 15 is 0 Å². The smallest absolute Gasteiger partial charge is 0.337 e. The van der Waals surface area contributed by atoms with Crippen LogP contribution in [0.4, 0.5) is 0 Å². The zero-order valence-electron chi connectivity index (χ0n) is 6.73. The van der Waals surface area contributed by atoms with Gasteiger partial charge in [0.2, 0.25) is 0 Å². The molecule has 6 heteroatoms. The van der Waals surface area contributed by atoms with Crippen LogP contribution in [0.5, 0.6) is 0 Å². The first-order chi connectivity index (χ1) is 6.50. The van der Waals surface area contributed by atoms with Gasteiger partial charge in [0, 0.05) is 11.0 Å². The normalized spacial score (nSPS) is 11.4. The van der Waals surface area contributed by atoms with E-state index in [9.17, 15) is 9.59 Å². The first kappa shape index (κ1) is 10.9. The molecule has 2 N–H and O–H groups in total. The summed E-state index contributed by atoms with van der Waals surface area (Å²) < 4.78 is 0.755. The van der Waals surface area contributed by atoms with Crippen LogP contribution in [0.15, 0.2) is 22.0 Å². The van der Waals surface area contributed by atoms with Crippen LogP contribution in [0.1, 0.15) is 4.88 Å². The van der Waals surface area contributed by atoms with Gasteiger partial charge in [-0.3, -0.25) is 0 Å². The summed E-state index contributed by atoms with van der Waals surface area (Å²) >= 11 is 4.34. The molecule has 0 atom stereocenters. The fourth-order valence-electron chi connectivity index (χ4n) is 0.821. The zero-order chi connectivity index (χ0) is 10.7. The highest BCUT2D eigenvalue weighted by Crippen LogP contribution is 2.28. The number of carbonyl (C=O) groups is 2. The second-order valence-corrected chi connectivity index (χ2v) is 4.77. The SMILES string of the molecule is O=C(O)/C=C(/C(=O)O)c1ccc(Br)s1. The molecule has 0 saturated carbocycles. The summed E-state index contributed by atoms with van der Waals surface area (Å²) in [5.41, 5.74) is -0.215. The molecule has 0 aliphatic rings. The molecular formula is C8H5BrO4S. The van der Waals surface area contributed by atoms with Crippen molar-refractivity contribution in [2.45, 2.75) is 0 Å². The van der Waals surface area contributed by atoms with Crippen molar-refractivity contribution in [1.29, 1.82) is 0 Å². The van der Waals surface area contributed by atoms with Crippen molar-refractivity contribution in [3.05, 3.63) is 26.9 Å². The number of halogens is 1. The number of aliphatic carboxylic acids is 2. The maximum atomic E-state index is 10.7. The lowest BCUT2D eigenvalue weighted by Gasteiger charge is -1.95. The molecular weight excluding hydrogens is 272 g/mol. The highest BCUT2D eigenvalue weighted by atomic mass is 79.9. The lowest BCUT2D eigenvalue weighted by molar-refractivity contribution is -0.133. The molecule has 0 aliphatic carbocycles. The van der Waals surface area contributed by atoms with Crippen LogP contribution in [-0.4, -0.2) is 22.2 Å². The maximum absolute atomic E-state index is 10.7. The fourth-order valence-corrected chi connectivity index (χ4v) is 2.21. The van der Waals surface area contributed by atoms with Crippen LogP contribution in [-0.2, 0) is 9.59 Å². The average molecular weight is 277 g/mol. The van der Waals surface area contributed by atoms with Gasteiger partial charge < -0.3 is 10.2 Å². The number of hydrogen-bond donors (Lipinski definition) is 2. The van der Waals surface area contributed by atoms with E-state index in [-0.39, 0.29) is 5.57 Å². The van der Waals surface area contributed by atoms with E-state index in [0.717, 1.165) is 3.79 Å². The molecule has 0 saturated heterocycles. The Morgan fingerprint density at radius 2 is 2.00 bits per heavy atom. The van der Waals surface area contributed by atoms with Gasteiger partial charge in [-0.1, -0.05) is 0 Å². The first-order valence-corrected chi connectivity index (χ1v) is 5.05. The van der Waals surface area contributed by atoms with Crippen molar-refractivity contribution < 1.29 is 19.8 Å². The number of carboxylic acid groups (broad SMARTS) is 2. The van der Waals surface area contributed by atoms with Gasteiger partial charge in [0.15, 0.2) is 0 Å². The number of thiophene rings is 1. The van der Waals surface area contributed by atoms with Gasteiger partial charge >= 0.3 is 11.9 Å². The number of rotatable bonds is 3. The van der Waals surface area contributed by atoms with Gasteiger partial charge in [-0.25, -0.2) is 9.59 Å². The molecule has 4 nitrogen and oxygen atoms in total. The highest BCUT2D eigenvalue weighted by molar-refractivity contribution is 9.11. The number of carboxylic acids is 2. The third-order valence-corrected chi connectivity index (χ3v) is 2.99. The van der Waals surface area contributed by atoms with Gasteiger partial charge in [-0.2, -0.15) is 0 Å². The average Bonchev–Trinajstić information content (AvgIpc) is 2.46. The van der Waals surface area contributed by atoms with Crippen LogP contribution in [0.2, 0.25) is 0 Å². The molecule has 0 fully saturated rings. The Morgan fingerprint density at radius 1 is 1.36 bits per heavy atom. The molecule has 0 unspecified atom stereocenters. The van der Waals surface area contributed by atoms with Crippen molar-refractivity contribution >= 4 is 44.8 Å². The summed E-state index contributed by atoms with van der Waals surface area (Å²) in [6.07, 6.45) is 0.681. The third-order valence-electron chi connectivity index (χ3n) is 1.34. The summed E-state index contributed by atoms with van der Waals surface area (Å²) in [6, 6.07) is 3.22. The van der Waals surface area contributed by atoms with Crippen LogP contribution < -0.4 is 0 Å². The summed E-state index contributed by atoms with van der Waals surface area (Å²) in [7, 11) is 0. The minimum atomic E-state index is -1.27. The zero-order valence-corrected chi connectivity index (χ0v) is 9.13. The Bertz CT molecular complexity index is 407. The second-order valence-electron chi connectivity index (χ2n) is 2.31.